The van der Waals surface area contributed by atoms with E-state index in [9.17, 15) is 23.8 Å². The number of rotatable bonds is 5. The first-order chi connectivity index (χ1) is 16.8. The lowest BCUT2D eigenvalue weighted by molar-refractivity contribution is -0.215. The number of carbonyl (C=O) groups is 1. The highest BCUT2D eigenvalue weighted by atomic mass is 19.1. The second-order valence-electron chi connectivity index (χ2n) is 9.02. The molecule has 3 heterocycles. The van der Waals surface area contributed by atoms with Crippen molar-refractivity contribution in [1.82, 2.24) is 15.0 Å². The lowest BCUT2D eigenvalue weighted by atomic mass is 9.83. The standard InChI is InChI=1S/C25H24F2N4O4/c26-15-3-1-4-16(27)22(15)24-30-12-17(28)23(31-24)18(32)9-13-11-29-8-6-14(13)19-10-20(33)25(34)7-2-5-21(25)35-19/h1,3-4,6,8,11-12,19-21,33-34H,2,5,7,9-10,28H2/t19-,20-,21-,25+/m1/s1. The van der Waals surface area contributed by atoms with Crippen molar-refractivity contribution < 1.29 is 28.5 Å². The molecule has 0 amide bonds. The van der Waals surface area contributed by atoms with Crippen LogP contribution in [-0.2, 0) is 11.2 Å². The molecule has 10 heteroatoms. The van der Waals surface area contributed by atoms with Gasteiger partial charge in [-0.25, -0.2) is 18.7 Å². The zero-order valence-electron chi connectivity index (χ0n) is 18.7. The number of halogens is 2. The number of pyridine rings is 1. The molecule has 0 unspecified atom stereocenters. The Hall–Kier alpha value is -3.34. The monoisotopic (exact) mass is 482 g/mol. The van der Waals surface area contributed by atoms with Gasteiger partial charge >= 0.3 is 0 Å². The fraction of sp³-hybridized carbons (Fsp3) is 0.360. The van der Waals surface area contributed by atoms with Crippen LogP contribution in [0.15, 0.2) is 42.9 Å². The molecule has 182 valence electrons. The molecule has 5 rings (SSSR count). The Morgan fingerprint density at radius 1 is 1.23 bits per heavy atom. The van der Waals surface area contributed by atoms with Crippen molar-refractivity contribution in [2.24, 2.45) is 0 Å². The van der Waals surface area contributed by atoms with Crippen LogP contribution in [0.4, 0.5) is 14.5 Å². The van der Waals surface area contributed by atoms with Gasteiger partial charge in [-0.3, -0.25) is 9.78 Å². The third-order valence-corrected chi connectivity index (χ3v) is 6.85. The normalized spacial score (nSPS) is 25.9. The molecule has 4 atom stereocenters. The van der Waals surface area contributed by atoms with Crippen LogP contribution in [-0.4, -0.2) is 48.8 Å². The molecule has 1 aliphatic heterocycles. The van der Waals surface area contributed by atoms with Crippen molar-refractivity contribution in [2.45, 2.75) is 56.0 Å². The smallest absolute Gasteiger partial charge is 0.187 e. The maximum Gasteiger partial charge on any atom is 0.187 e. The van der Waals surface area contributed by atoms with Gasteiger partial charge in [0.15, 0.2) is 11.6 Å². The number of Topliss-reactive ketones (excluding diaryl/α,β-unsaturated/α-hetero) is 1. The quantitative estimate of drug-likeness (QED) is 0.473. The second kappa shape index (κ2) is 9.03. The van der Waals surface area contributed by atoms with E-state index >= 15 is 0 Å². The predicted molar refractivity (Wildman–Crippen MR) is 121 cm³/mol. The maximum absolute atomic E-state index is 14.2. The van der Waals surface area contributed by atoms with Crippen molar-refractivity contribution in [3.05, 3.63) is 71.3 Å². The van der Waals surface area contributed by atoms with Crippen molar-refractivity contribution in [2.75, 3.05) is 5.73 Å². The van der Waals surface area contributed by atoms with Gasteiger partial charge in [0.1, 0.15) is 22.9 Å². The van der Waals surface area contributed by atoms with Gasteiger partial charge in [-0.15, -0.1) is 0 Å². The minimum absolute atomic E-state index is 0.0266. The number of aliphatic hydroxyl groups is 2. The lowest BCUT2D eigenvalue weighted by Crippen LogP contribution is -2.54. The summed E-state index contributed by atoms with van der Waals surface area (Å²) in [6.45, 7) is 0. The number of hydrogen-bond donors (Lipinski definition) is 3. The first kappa shape index (κ1) is 23.4. The minimum Gasteiger partial charge on any atom is -0.396 e. The Bertz CT molecular complexity index is 1270. The summed E-state index contributed by atoms with van der Waals surface area (Å²) >= 11 is 0. The van der Waals surface area contributed by atoms with E-state index in [1.165, 1.54) is 12.3 Å². The summed E-state index contributed by atoms with van der Waals surface area (Å²) in [5.41, 5.74) is 5.24. The number of anilines is 1. The molecule has 2 aromatic heterocycles. The topological polar surface area (TPSA) is 131 Å². The minimum atomic E-state index is -1.26. The molecule has 1 aliphatic carbocycles. The van der Waals surface area contributed by atoms with Crippen LogP contribution in [0.25, 0.3) is 11.4 Å². The molecular formula is C25H24F2N4O4. The highest BCUT2D eigenvalue weighted by molar-refractivity contribution is 6.00. The molecule has 0 radical (unpaired) electrons. The number of hydrogen-bond acceptors (Lipinski definition) is 8. The summed E-state index contributed by atoms with van der Waals surface area (Å²) in [6.07, 6.45) is 4.12. The third kappa shape index (κ3) is 4.18. The number of ketones is 1. The number of carbonyl (C=O) groups excluding carboxylic acids is 1. The van der Waals surface area contributed by atoms with Crippen LogP contribution >= 0.6 is 0 Å². The van der Waals surface area contributed by atoms with Crippen LogP contribution in [0.5, 0.6) is 0 Å². The Kier molecular flexibility index (Phi) is 6.04. The number of nitrogens with two attached hydrogens (primary N) is 1. The van der Waals surface area contributed by atoms with E-state index < -0.39 is 46.9 Å². The SMILES string of the molecule is Nc1cnc(-c2c(F)cccc2F)nc1C(=O)Cc1cnccc1[C@H]1C[C@@H](O)[C@@]2(O)CCC[C@H]2O1. The average molecular weight is 482 g/mol. The number of nitrogen functional groups attached to an aromatic ring is 1. The van der Waals surface area contributed by atoms with Crippen LogP contribution in [0.2, 0.25) is 0 Å². The Morgan fingerprint density at radius 3 is 2.77 bits per heavy atom. The summed E-state index contributed by atoms with van der Waals surface area (Å²) in [4.78, 5) is 25.3. The molecule has 1 saturated carbocycles. The Labute approximate surface area is 199 Å². The third-order valence-electron chi connectivity index (χ3n) is 6.85. The molecule has 2 aliphatic rings. The molecule has 1 aromatic carbocycles. The van der Waals surface area contributed by atoms with E-state index in [4.69, 9.17) is 10.5 Å². The molecule has 2 fully saturated rings. The number of fused-ring (bicyclic) bond motifs is 1. The van der Waals surface area contributed by atoms with E-state index in [-0.39, 0.29) is 30.0 Å². The largest absolute Gasteiger partial charge is 0.396 e. The van der Waals surface area contributed by atoms with Crippen molar-refractivity contribution in [3.63, 3.8) is 0 Å². The number of aromatic nitrogens is 3. The van der Waals surface area contributed by atoms with Crippen LogP contribution < -0.4 is 5.73 Å². The van der Waals surface area contributed by atoms with Gasteiger partial charge in [0, 0.05) is 25.2 Å². The zero-order chi connectivity index (χ0) is 24.7. The maximum atomic E-state index is 14.2. The first-order valence-electron chi connectivity index (χ1n) is 11.4. The Morgan fingerprint density at radius 2 is 2.00 bits per heavy atom. The van der Waals surface area contributed by atoms with E-state index in [2.05, 4.69) is 15.0 Å². The van der Waals surface area contributed by atoms with Gasteiger partial charge in [-0.1, -0.05) is 6.07 Å². The van der Waals surface area contributed by atoms with Crippen molar-refractivity contribution in [3.8, 4) is 11.4 Å². The molecule has 4 N–H and O–H groups in total. The zero-order valence-corrected chi connectivity index (χ0v) is 18.7. The van der Waals surface area contributed by atoms with Crippen molar-refractivity contribution in [1.29, 1.82) is 0 Å². The van der Waals surface area contributed by atoms with E-state index in [1.807, 2.05) is 0 Å². The van der Waals surface area contributed by atoms with Gasteiger partial charge in [0.25, 0.3) is 0 Å². The summed E-state index contributed by atoms with van der Waals surface area (Å²) in [6, 6.07) is 5.08. The van der Waals surface area contributed by atoms with E-state index in [0.717, 1.165) is 24.8 Å². The lowest BCUT2D eigenvalue weighted by Gasteiger charge is -2.43. The molecule has 35 heavy (non-hydrogen) atoms. The number of benzene rings is 1. The van der Waals surface area contributed by atoms with E-state index in [0.29, 0.717) is 24.0 Å². The van der Waals surface area contributed by atoms with Gasteiger partial charge in [0.05, 0.1) is 35.8 Å². The highest BCUT2D eigenvalue weighted by Crippen LogP contribution is 2.45. The summed E-state index contributed by atoms with van der Waals surface area (Å²) in [5.74, 6) is -2.50. The number of nitrogens with zero attached hydrogens (tertiary/aromatic N) is 3. The van der Waals surface area contributed by atoms with Crippen LogP contribution in [0, 0.1) is 11.6 Å². The number of ether oxygens (including phenoxy) is 1. The Balaban J connectivity index is 1.43. The summed E-state index contributed by atoms with van der Waals surface area (Å²) in [5, 5.41) is 21.4. The second-order valence-corrected chi connectivity index (χ2v) is 9.02. The molecule has 0 bridgehead atoms. The highest BCUT2D eigenvalue weighted by Gasteiger charge is 2.52. The average Bonchev–Trinajstić information content (AvgIpc) is 3.22. The molecule has 1 saturated heterocycles. The van der Waals surface area contributed by atoms with Gasteiger partial charge in [0.2, 0.25) is 0 Å². The van der Waals surface area contributed by atoms with Crippen LogP contribution in [0.1, 0.15) is 53.4 Å². The number of aliphatic hydroxyl groups excluding tert-OH is 1. The molecule has 0 spiro atoms. The van der Waals surface area contributed by atoms with Crippen molar-refractivity contribution >= 4 is 11.5 Å². The fourth-order valence-corrected chi connectivity index (χ4v) is 5.01. The van der Waals surface area contributed by atoms with E-state index in [1.54, 1.807) is 12.3 Å². The van der Waals surface area contributed by atoms with Gasteiger partial charge in [-0.05, 0) is 48.6 Å². The van der Waals surface area contributed by atoms with Crippen LogP contribution in [0.3, 0.4) is 0 Å². The summed E-state index contributed by atoms with van der Waals surface area (Å²) in [7, 11) is 0. The summed E-state index contributed by atoms with van der Waals surface area (Å²) < 4.78 is 34.6. The van der Waals surface area contributed by atoms with Gasteiger partial charge < -0.3 is 20.7 Å². The molecule has 3 aromatic rings. The predicted octanol–water partition coefficient (Wildman–Crippen LogP) is 2.93. The molecular weight excluding hydrogens is 458 g/mol. The molecule has 8 nitrogen and oxygen atoms in total. The first-order valence-corrected chi connectivity index (χ1v) is 11.4. The van der Waals surface area contributed by atoms with Gasteiger partial charge in [-0.2, -0.15) is 0 Å². The fourth-order valence-electron chi connectivity index (χ4n) is 5.01.